The molecular weight excluding hydrogens is 298 g/mol. The molecule has 0 aromatic heterocycles. The summed E-state index contributed by atoms with van der Waals surface area (Å²) in [6, 6.07) is 0. The van der Waals surface area contributed by atoms with Crippen LogP contribution in [0.5, 0.6) is 0 Å². The number of carbonyl (C=O) groups excluding carboxylic acids is 3. The van der Waals surface area contributed by atoms with Gasteiger partial charge in [-0.3, -0.25) is 14.4 Å². The molecule has 3 saturated heterocycles. The van der Waals surface area contributed by atoms with Gasteiger partial charge in [0.25, 0.3) is 5.91 Å². The van der Waals surface area contributed by atoms with E-state index in [4.69, 9.17) is 4.74 Å². The fraction of sp³-hybridized carbons (Fsp3) is 0.824. The molecule has 1 N–H and O–H groups in total. The highest BCUT2D eigenvalue weighted by molar-refractivity contribution is 5.94. The third kappa shape index (κ3) is 2.38. The molecule has 0 aliphatic carbocycles. The van der Waals surface area contributed by atoms with Crippen molar-refractivity contribution in [2.45, 2.75) is 57.7 Å². The Morgan fingerprint density at radius 1 is 1.26 bits per heavy atom. The number of carbonyl (C=O) groups is 3. The van der Waals surface area contributed by atoms with Crippen molar-refractivity contribution in [2.24, 2.45) is 17.8 Å². The molecule has 1 spiro atoms. The zero-order valence-electron chi connectivity index (χ0n) is 13.8. The van der Waals surface area contributed by atoms with Crippen LogP contribution < -0.4 is 0 Å². The zero-order valence-corrected chi connectivity index (χ0v) is 13.8. The van der Waals surface area contributed by atoms with Crippen LogP contribution in [0.3, 0.4) is 0 Å². The Balaban J connectivity index is 2.04. The van der Waals surface area contributed by atoms with Crippen LogP contribution >= 0.6 is 0 Å². The lowest BCUT2D eigenvalue weighted by Crippen LogP contribution is -2.52. The Hall–Kier alpha value is -1.43. The summed E-state index contributed by atoms with van der Waals surface area (Å²) in [7, 11) is 0. The van der Waals surface area contributed by atoms with Crippen LogP contribution in [0.4, 0.5) is 0 Å². The number of ether oxygens (including phenoxy) is 1. The van der Waals surface area contributed by atoms with Gasteiger partial charge in [0.1, 0.15) is 5.78 Å². The van der Waals surface area contributed by atoms with Gasteiger partial charge in [-0.1, -0.05) is 13.8 Å². The van der Waals surface area contributed by atoms with Crippen LogP contribution in [0.25, 0.3) is 0 Å². The summed E-state index contributed by atoms with van der Waals surface area (Å²) >= 11 is 0. The predicted molar refractivity (Wildman–Crippen MR) is 81.3 cm³/mol. The van der Waals surface area contributed by atoms with E-state index in [1.807, 2.05) is 6.92 Å². The van der Waals surface area contributed by atoms with Gasteiger partial charge in [-0.2, -0.15) is 0 Å². The number of amides is 1. The molecule has 3 heterocycles. The zero-order chi connectivity index (χ0) is 16.8. The highest BCUT2D eigenvalue weighted by Gasteiger charge is 2.65. The Morgan fingerprint density at radius 3 is 2.70 bits per heavy atom. The molecule has 0 saturated carbocycles. The maximum atomic E-state index is 12.9. The van der Waals surface area contributed by atoms with Crippen molar-refractivity contribution in [3.05, 3.63) is 0 Å². The number of hydrogen-bond donors (Lipinski definition) is 1. The molecule has 0 aromatic carbocycles. The maximum Gasteiger partial charge on any atom is 0.310 e. The summed E-state index contributed by atoms with van der Waals surface area (Å²) < 4.78 is 5.54. The average molecular weight is 323 g/mol. The predicted octanol–water partition coefficient (Wildman–Crippen LogP) is 0.907. The molecule has 23 heavy (non-hydrogen) atoms. The summed E-state index contributed by atoms with van der Waals surface area (Å²) in [4.78, 5) is 39.3. The van der Waals surface area contributed by atoms with Crippen molar-refractivity contribution in [1.29, 1.82) is 0 Å². The van der Waals surface area contributed by atoms with Crippen molar-refractivity contribution >= 4 is 17.7 Å². The fourth-order valence-electron chi connectivity index (χ4n) is 4.55. The van der Waals surface area contributed by atoms with Gasteiger partial charge in [0, 0.05) is 37.8 Å². The summed E-state index contributed by atoms with van der Waals surface area (Å²) in [5, 5.41) is 10.9. The average Bonchev–Trinajstić information content (AvgIpc) is 2.94. The van der Waals surface area contributed by atoms with E-state index in [0.29, 0.717) is 32.4 Å². The van der Waals surface area contributed by atoms with E-state index in [-0.39, 0.29) is 11.7 Å². The molecule has 2 bridgehead atoms. The molecule has 3 aliphatic rings. The number of nitrogens with zero attached hydrogens (tertiary/aromatic N) is 1. The van der Waals surface area contributed by atoms with E-state index in [9.17, 15) is 19.5 Å². The molecule has 3 fully saturated rings. The summed E-state index contributed by atoms with van der Waals surface area (Å²) in [5.74, 6) is -2.35. The Labute approximate surface area is 136 Å². The maximum absolute atomic E-state index is 12.9. The summed E-state index contributed by atoms with van der Waals surface area (Å²) in [5.41, 5.74) is -1.27. The number of fused-ring (bicyclic) bond motifs is 1. The third-order valence-electron chi connectivity index (χ3n) is 5.87. The lowest BCUT2D eigenvalue weighted by atomic mass is 9.71. The number of aliphatic hydroxyl groups is 1. The van der Waals surface area contributed by atoms with Gasteiger partial charge in [-0.05, 0) is 19.3 Å². The minimum Gasteiger partial charge on any atom is -0.448 e. The highest BCUT2D eigenvalue weighted by Crippen LogP contribution is 2.48. The monoisotopic (exact) mass is 323 g/mol. The largest absolute Gasteiger partial charge is 0.448 e. The number of hydrogen-bond acceptors (Lipinski definition) is 5. The van der Waals surface area contributed by atoms with E-state index < -0.39 is 35.4 Å². The topological polar surface area (TPSA) is 83.9 Å². The number of Topliss-reactive ketones (excluding diaryl/α,β-unsaturated/α-hetero) is 1. The normalized spacial score (nSPS) is 41.5. The molecule has 0 unspecified atom stereocenters. The molecule has 0 radical (unpaired) electrons. The molecule has 6 nitrogen and oxygen atoms in total. The quantitative estimate of drug-likeness (QED) is 0.725. The minimum absolute atomic E-state index is 0.0296. The molecule has 1 amide bonds. The van der Waals surface area contributed by atoms with Gasteiger partial charge in [0.2, 0.25) is 0 Å². The van der Waals surface area contributed by atoms with Crippen LogP contribution in [-0.2, 0) is 19.1 Å². The third-order valence-corrected chi connectivity index (χ3v) is 5.87. The lowest BCUT2D eigenvalue weighted by Gasteiger charge is -2.34. The second-order valence-corrected chi connectivity index (χ2v) is 7.10. The van der Waals surface area contributed by atoms with E-state index in [0.717, 1.165) is 12.8 Å². The second-order valence-electron chi connectivity index (χ2n) is 7.10. The summed E-state index contributed by atoms with van der Waals surface area (Å²) in [6.07, 6.45) is 1.80. The van der Waals surface area contributed by atoms with E-state index in [2.05, 4.69) is 0 Å². The van der Waals surface area contributed by atoms with Crippen molar-refractivity contribution in [1.82, 2.24) is 4.90 Å². The smallest absolute Gasteiger partial charge is 0.310 e. The van der Waals surface area contributed by atoms with Gasteiger partial charge < -0.3 is 14.7 Å². The van der Waals surface area contributed by atoms with E-state index in [1.165, 1.54) is 0 Å². The Kier molecular flexibility index (Phi) is 4.21. The van der Waals surface area contributed by atoms with Crippen molar-refractivity contribution in [2.75, 3.05) is 13.1 Å². The van der Waals surface area contributed by atoms with Gasteiger partial charge in [0.15, 0.2) is 5.60 Å². The van der Waals surface area contributed by atoms with Gasteiger partial charge in [-0.15, -0.1) is 0 Å². The Bertz CT molecular complexity index is 533. The first-order valence-electron chi connectivity index (χ1n) is 8.65. The molecule has 0 aromatic rings. The summed E-state index contributed by atoms with van der Waals surface area (Å²) in [6.45, 7) is 4.69. The van der Waals surface area contributed by atoms with Crippen LogP contribution in [0.1, 0.15) is 46.0 Å². The van der Waals surface area contributed by atoms with Crippen molar-refractivity contribution in [3.63, 3.8) is 0 Å². The lowest BCUT2D eigenvalue weighted by molar-refractivity contribution is -0.164. The fourth-order valence-corrected chi connectivity index (χ4v) is 4.55. The first-order valence-corrected chi connectivity index (χ1v) is 8.65. The SMILES string of the molecule is CC[C@@H]1C(=O)CCCCN2CC[C@@]3(OC(=O)[C@H](C)[C@H]3[C@H]1O)C2=O. The van der Waals surface area contributed by atoms with Gasteiger partial charge in [0.05, 0.1) is 12.0 Å². The van der Waals surface area contributed by atoms with E-state index in [1.54, 1.807) is 11.8 Å². The number of esters is 1. The molecule has 5 atom stereocenters. The number of rotatable bonds is 1. The van der Waals surface area contributed by atoms with Crippen molar-refractivity contribution in [3.8, 4) is 0 Å². The Morgan fingerprint density at radius 2 is 2.00 bits per heavy atom. The molecule has 3 aliphatic heterocycles. The number of aliphatic hydroxyl groups excluding tert-OH is 1. The van der Waals surface area contributed by atoms with Gasteiger partial charge >= 0.3 is 5.97 Å². The van der Waals surface area contributed by atoms with Crippen LogP contribution in [-0.4, -0.2) is 52.5 Å². The molecule has 3 rings (SSSR count). The van der Waals surface area contributed by atoms with E-state index >= 15 is 0 Å². The van der Waals surface area contributed by atoms with Crippen LogP contribution in [0, 0.1) is 17.8 Å². The van der Waals surface area contributed by atoms with Crippen LogP contribution in [0.2, 0.25) is 0 Å². The van der Waals surface area contributed by atoms with Crippen molar-refractivity contribution < 1.29 is 24.2 Å². The molecule has 128 valence electrons. The number of ketones is 1. The first-order chi connectivity index (χ1) is 10.9. The highest BCUT2D eigenvalue weighted by atomic mass is 16.6. The first kappa shape index (κ1) is 16.4. The second kappa shape index (κ2) is 5.89. The van der Waals surface area contributed by atoms with Gasteiger partial charge in [-0.25, -0.2) is 0 Å². The van der Waals surface area contributed by atoms with Crippen LogP contribution in [0.15, 0.2) is 0 Å². The standard InChI is InChI=1S/C17H25NO5/c1-3-11-12(19)6-4-5-8-18-9-7-17(16(18)22)13(14(11)20)10(2)15(21)23-17/h10-11,13-14,20H,3-9H2,1-2H3/t10-,11-,13+,14+,17+/m1/s1. The molecule has 6 heteroatoms. The minimum atomic E-state index is -1.27. The molecular formula is C17H25NO5.